The fraction of sp³-hybridized carbons (Fsp3) is 0.494. The number of aliphatic hydroxyl groups is 1. The molecule has 4 heterocycles. The molecule has 1 N–H and O–H groups in total. The van der Waals surface area contributed by atoms with Crippen LogP contribution < -0.4 is 18.9 Å². The fourth-order valence-electron chi connectivity index (χ4n) is 10.6. The highest BCUT2D eigenvalue weighted by molar-refractivity contribution is 5.94. The number of carbonyl (C=O) groups excluding carboxylic acids is 8. The zero-order valence-electron chi connectivity index (χ0n) is 57.6. The monoisotopic (exact) mass is 1440 g/mol. The van der Waals surface area contributed by atoms with Crippen LogP contribution >= 0.6 is 0 Å². The average Bonchev–Trinajstić information content (AvgIpc) is 1.65. The molecule has 0 amide bonds. The van der Waals surface area contributed by atoms with Crippen molar-refractivity contribution in [3.8, 4) is 23.0 Å². The van der Waals surface area contributed by atoms with E-state index in [1.54, 1.807) is 91.9 Å². The first kappa shape index (κ1) is 86.2. The summed E-state index contributed by atoms with van der Waals surface area (Å²) in [5.74, 6) is -0.263. The number of Topliss-reactive ketones (excluding diaryl/α,β-unsaturated/α-hetero) is 1. The van der Waals surface area contributed by atoms with Crippen molar-refractivity contribution >= 4 is 47.6 Å². The molecule has 4 aromatic rings. The Morgan fingerprint density at radius 3 is 0.816 bits per heavy atom. The Balaban J connectivity index is 0.000000359. The summed E-state index contributed by atoms with van der Waals surface area (Å²) >= 11 is 0. The van der Waals surface area contributed by atoms with E-state index >= 15 is 0 Å². The zero-order valence-corrected chi connectivity index (χ0v) is 57.6. The van der Waals surface area contributed by atoms with Crippen molar-refractivity contribution in [2.45, 2.75) is 173 Å². The van der Waals surface area contributed by atoms with E-state index in [9.17, 15) is 43.5 Å². The second-order valence-electron chi connectivity index (χ2n) is 23.8. The molecule has 8 rings (SSSR count). The van der Waals surface area contributed by atoms with Gasteiger partial charge in [0.15, 0.2) is 24.1 Å². The number of hydrogen-bond acceptors (Lipinski definition) is 24. The van der Waals surface area contributed by atoms with E-state index in [1.165, 1.54) is 6.08 Å². The quantitative estimate of drug-likeness (QED) is 0.0142. The first-order valence-electron chi connectivity index (χ1n) is 34.5. The molecule has 4 aliphatic heterocycles. The first-order valence-corrected chi connectivity index (χ1v) is 34.5. The number of carbonyl (C=O) groups is 8. The van der Waals surface area contributed by atoms with E-state index in [0.717, 1.165) is 127 Å². The molecule has 0 aliphatic carbocycles. The number of hydrogen-bond donors (Lipinski definition) is 1. The standard InChI is InChI=1S/C38H46O12.C22H28O8.C17H22O4.2CH4/c1-3-33(39)45-23-11-7-5-9-21-43-29-17-13-27(14-18-29)37(41)49-31-25-47-36-32(26-48-35(31)36)50-38(42)28-15-19-30(20-16-28)44-22-10-6-8-12-24-46-34(40)4-2;1-2-19(24)27-12-6-4-3-5-11-26-16-9-7-15(8-10-16)22(25)30-18-14-29-20-17(23)13-28-21(18)20;1-3-17(19)21-13-7-5-4-6-12-20-16-10-8-15(9-11-16)14(2)18;;/h3-4,13-20,31-32,35-36H,1-2,5-12,21-26H2;2,7-10,17-18,20-21,23H,1,3-6,11-14H2;3,8-11H,1,4-7,12-13H2,2H3;2*1H4/t31-,32-,35-,36-;17-,18+,20-,21-;;;/m11.../s1. The van der Waals surface area contributed by atoms with E-state index in [2.05, 4.69) is 26.3 Å². The Bertz CT molecular complexity index is 3110. The summed E-state index contributed by atoms with van der Waals surface area (Å²) in [6.45, 7) is 19.5. The van der Waals surface area contributed by atoms with Crippen molar-refractivity contribution < 1.29 is 115 Å². The fourth-order valence-corrected chi connectivity index (χ4v) is 10.6. The number of esters is 7. The lowest BCUT2D eigenvalue weighted by Crippen LogP contribution is -2.36. The number of aliphatic hydroxyl groups excluding tert-OH is 1. The molecule has 0 radical (unpaired) electrons. The summed E-state index contributed by atoms with van der Waals surface area (Å²) in [6, 6.07) is 27.4. The maximum atomic E-state index is 12.9. The van der Waals surface area contributed by atoms with Crippen LogP contribution in [0.4, 0.5) is 0 Å². The van der Waals surface area contributed by atoms with E-state index in [1.807, 2.05) is 12.1 Å². The molecular formula is C79H104O24. The molecular weight excluding hydrogens is 1330 g/mol. The van der Waals surface area contributed by atoms with Crippen LogP contribution in [0.1, 0.15) is 166 Å². The van der Waals surface area contributed by atoms with Crippen LogP contribution in [-0.2, 0) is 71.3 Å². The largest absolute Gasteiger partial charge is 0.494 e. The molecule has 4 aliphatic rings. The van der Waals surface area contributed by atoms with Crippen molar-refractivity contribution in [1.82, 2.24) is 0 Å². The minimum Gasteiger partial charge on any atom is -0.494 e. The van der Waals surface area contributed by atoms with Crippen molar-refractivity contribution in [3.63, 3.8) is 0 Å². The van der Waals surface area contributed by atoms with Crippen LogP contribution in [0.25, 0.3) is 0 Å². The minimum atomic E-state index is -0.676. The van der Waals surface area contributed by atoms with Gasteiger partial charge in [-0.3, -0.25) is 4.79 Å². The molecule has 564 valence electrons. The minimum absolute atomic E-state index is 0. The van der Waals surface area contributed by atoms with Gasteiger partial charge in [0.2, 0.25) is 0 Å². The lowest BCUT2D eigenvalue weighted by Gasteiger charge is -2.17. The molecule has 0 bridgehead atoms. The topological polar surface area (TPSA) is 295 Å². The van der Waals surface area contributed by atoms with Crippen molar-refractivity contribution in [3.05, 3.63) is 170 Å². The molecule has 4 aromatic carbocycles. The predicted octanol–water partition coefficient (Wildman–Crippen LogP) is 12.4. The number of unbranched alkanes of at least 4 members (excludes halogenated alkanes) is 12. The summed E-state index contributed by atoms with van der Waals surface area (Å²) < 4.78 is 82.0. The van der Waals surface area contributed by atoms with Gasteiger partial charge in [0, 0.05) is 29.9 Å². The van der Waals surface area contributed by atoms with Crippen LogP contribution in [0.2, 0.25) is 0 Å². The van der Waals surface area contributed by atoms with Gasteiger partial charge in [-0.1, -0.05) is 41.2 Å². The Kier molecular flexibility index (Phi) is 41.4. The van der Waals surface area contributed by atoms with E-state index in [-0.39, 0.29) is 53.0 Å². The molecule has 0 aromatic heterocycles. The number of benzene rings is 4. The number of rotatable bonds is 43. The number of ketones is 1. The molecule has 4 fully saturated rings. The van der Waals surface area contributed by atoms with Gasteiger partial charge < -0.3 is 76.2 Å². The zero-order chi connectivity index (χ0) is 72.4. The van der Waals surface area contributed by atoms with Gasteiger partial charge in [0.05, 0.1) is 96.0 Å². The molecule has 8 atom stereocenters. The lowest BCUT2D eigenvalue weighted by atomic mass is 10.1. The van der Waals surface area contributed by atoms with Crippen LogP contribution in [0.15, 0.2) is 148 Å². The second kappa shape index (κ2) is 49.4. The van der Waals surface area contributed by atoms with E-state index in [0.29, 0.717) is 92.4 Å². The SMILES string of the molecule is C.C.C=CC(=O)OCCCCCCOc1ccc(C(=O)O[C@@H]2CO[C@H]3[C@@H]2OC[C@H]3OC(=O)c2ccc(OCCCCCCOC(=O)C=C)cc2)cc1.C=CC(=O)OCCCCCCOc1ccc(C(=O)O[C@H]2CO[C@H]3[C@@H]2OC[C@H]3O)cc1.C=CC(=O)OCCCCCCOc1ccc(C(C)=O)cc1. The molecule has 24 heteroatoms. The van der Waals surface area contributed by atoms with Gasteiger partial charge in [-0.2, -0.15) is 0 Å². The average molecular weight is 1440 g/mol. The Morgan fingerprint density at radius 1 is 0.340 bits per heavy atom. The molecule has 4 saturated heterocycles. The summed E-state index contributed by atoms with van der Waals surface area (Å²) in [6.07, 6.45) is 14.7. The van der Waals surface area contributed by atoms with Crippen molar-refractivity contribution in [2.24, 2.45) is 0 Å². The molecule has 0 spiro atoms. The van der Waals surface area contributed by atoms with Gasteiger partial charge in [-0.05, 0) is 207 Å². The number of ether oxygens (including phenoxy) is 15. The first-order chi connectivity index (χ1) is 49.1. The third-order valence-corrected chi connectivity index (χ3v) is 16.1. The summed E-state index contributed by atoms with van der Waals surface area (Å²) in [5, 5.41) is 9.75. The summed E-state index contributed by atoms with van der Waals surface area (Å²) in [5.41, 5.74) is 1.84. The summed E-state index contributed by atoms with van der Waals surface area (Å²) in [4.78, 5) is 92.9. The second-order valence-corrected chi connectivity index (χ2v) is 23.8. The maximum Gasteiger partial charge on any atom is 0.338 e. The lowest BCUT2D eigenvalue weighted by molar-refractivity contribution is -0.138. The van der Waals surface area contributed by atoms with Crippen molar-refractivity contribution in [2.75, 3.05) is 79.3 Å². The highest BCUT2D eigenvalue weighted by Crippen LogP contribution is 2.33. The molecule has 0 saturated carbocycles. The van der Waals surface area contributed by atoms with Crippen LogP contribution in [0, 0.1) is 0 Å². The normalized spacial score (nSPS) is 18.5. The van der Waals surface area contributed by atoms with Crippen LogP contribution in [-0.4, -0.2) is 181 Å². The third-order valence-electron chi connectivity index (χ3n) is 16.1. The van der Waals surface area contributed by atoms with Gasteiger partial charge >= 0.3 is 41.8 Å². The van der Waals surface area contributed by atoms with Crippen LogP contribution in [0.3, 0.4) is 0 Å². The van der Waals surface area contributed by atoms with Gasteiger partial charge in [0.1, 0.15) is 53.5 Å². The maximum absolute atomic E-state index is 12.9. The Morgan fingerprint density at radius 2 is 0.563 bits per heavy atom. The predicted molar refractivity (Wildman–Crippen MR) is 382 cm³/mol. The highest BCUT2D eigenvalue weighted by atomic mass is 16.7. The smallest absolute Gasteiger partial charge is 0.338 e. The molecule has 103 heavy (non-hydrogen) atoms. The Hall–Kier alpha value is -9.20. The Labute approximate surface area is 605 Å². The third kappa shape index (κ3) is 31.9. The highest BCUT2D eigenvalue weighted by Gasteiger charge is 2.52. The van der Waals surface area contributed by atoms with Crippen molar-refractivity contribution in [1.29, 1.82) is 0 Å². The van der Waals surface area contributed by atoms with Gasteiger partial charge in [0.25, 0.3) is 0 Å². The molecule has 24 nitrogen and oxygen atoms in total. The van der Waals surface area contributed by atoms with E-state index < -0.39 is 84.6 Å². The number of fused-ring (bicyclic) bond motifs is 2. The molecule has 0 unspecified atom stereocenters. The van der Waals surface area contributed by atoms with E-state index in [4.69, 9.17) is 71.1 Å². The van der Waals surface area contributed by atoms with Crippen LogP contribution in [0.5, 0.6) is 23.0 Å². The van der Waals surface area contributed by atoms with Gasteiger partial charge in [-0.25, -0.2) is 33.6 Å². The summed E-state index contributed by atoms with van der Waals surface area (Å²) in [7, 11) is 0. The van der Waals surface area contributed by atoms with Gasteiger partial charge in [-0.15, -0.1) is 0 Å².